The lowest BCUT2D eigenvalue weighted by Gasteiger charge is -1.90. The van der Waals surface area contributed by atoms with E-state index in [1.807, 2.05) is 13.8 Å². The molecular weight excluding hydrogens is 194 g/mol. The highest BCUT2D eigenvalue weighted by molar-refractivity contribution is 5.44. The zero-order chi connectivity index (χ0) is 12.3. The maximum Gasteiger partial charge on any atom is 0.269 e. The van der Waals surface area contributed by atoms with E-state index < -0.39 is 4.92 Å². The summed E-state index contributed by atoms with van der Waals surface area (Å²) in [6.45, 7) is 5.43. The summed E-state index contributed by atoms with van der Waals surface area (Å²) in [6.07, 6.45) is 0. The maximum atomic E-state index is 10.1. The van der Waals surface area contributed by atoms with E-state index in [9.17, 15) is 10.1 Å². The largest absolute Gasteiger partial charge is 0.399 e. The number of nitriles is 1. The van der Waals surface area contributed by atoms with E-state index in [2.05, 4.69) is 0 Å². The average molecular weight is 209 g/mol. The smallest absolute Gasteiger partial charge is 0.269 e. The predicted octanol–water partition coefficient (Wildman–Crippen LogP) is 2.73. The molecule has 0 aromatic heterocycles. The number of anilines is 1. The monoisotopic (exact) mass is 209 g/mol. The molecule has 0 fully saturated rings. The van der Waals surface area contributed by atoms with Crippen LogP contribution in [0, 0.1) is 21.4 Å². The van der Waals surface area contributed by atoms with Crippen molar-refractivity contribution in [2.24, 2.45) is 0 Å². The first-order valence-electron chi connectivity index (χ1n) is 4.42. The molecule has 0 heterocycles. The van der Waals surface area contributed by atoms with Crippen molar-refractivity contribution in [3.8, 4) is 6.07 Å². The Kier molecular flexibility index (Phi) is 10.3. The first-order chi connectivity index (χ1) is 7.11. The Balaban J connectivity index is 0. The molecule has 0 amide bonds. The van der Waals surface area contributed by atoms with Crippen LogP contribution < -0.4 is 5.73 Å². The number of nitrogens with two attached hydrogens (primary N) is 1. The van der Waals surface area contributed by atoms with Gasteiger partial charge in [0.2, 0.25) is 0 Å². The second kappa shape index (κ2) is 9.99. The van der Waals surface area contributed by atoms with E-state index in [0.29, 0.717) is 5.69 Å². The van der Waals surface area contributed by atoms with Gasteiger partial charge in [0.25, 0.3) is 5.69 Å². The van der Waals surface area contributed by atoms with Gasteiger partial charge in [0.1, 0.15) is 0 Å². The third kappa shape index (κ3) is 8.25. The summed E-state index contributed by atoms with van der Waals surface area (Å²) in [5.74, 6) is 0. The van der Waals surface area contributed by atoms with Crippen molar-refractivity contribution in [3.63, 3.8) is 0 Å². The van der Waals surface area contributed by atoms with Crippen molar-refractivity contribution in [1.29, 1.82) is 5.26 Å². The molecule has 0 aliphatic rings. The summed E-state index contributed by atoms with van der Waals surface area (Å²) in [7, 11) is 0. The van der Waals surface area contributed by atoms with Crippen molar-refractivity contribution in [2.75, 3.05) is 5.73 Å². The van der Waals surface area contributed by atoms with Gasteiger partial charge < -0.3 is 5.73 Å². The molecule has 0 radical (unpaired) electrons. The van der Waals surface area contributed by atoms with Crippen LogP contribution in [0.15, 0.2) is 24.3 Å². The molecule has 0 saturated heterocycles. The van der Waals surface area contributed by atoms with Crippen LogP contribution in [-0.2, 0) is 0 Å². The van der Waals surface area contributed by atoms with Crippen molar-refractivity contribution in [1.82, 2.24) is 0 Å². The molecule has 5 nitrogen and oxygen atoms in total. The molecule has 82 valence electrons. The normalized spacial score (nSPS) is 7.07. The van der Waals surface area contributed by atoms with Crippen LogP contribution in [0.3, 0.4) is 0 Å². The second-order valence-electron chi connectivity index (χ2n) is 2.07. The van der Waals surface area contributed by atoms with Gasteiger partial charge in [0, 0.05) is 24.7 Å². The molecule has 1 rings (SSSR count). The van der Waals surface area contributed by atoms with E-state index in [4.69, 9.17) is 11.0 Å². The lowest BCUT2D eigenvalue weighted by molar-refractivity contribution is -0.384. The van der Waals surface area contributed by atoms with E-state index in [1.165, 1.54) is 31.2 Å². The number of nitro groups is 1. The molecule has 0 saturated carbocycles. The van der Waals surface area contributed by atoms with E-state index >= 15 is 0 Å². The number of nitrogen functional groups attached to an aromatic ring is 1. The van der Waals surface area contributed by atoms with Crippen molar-refractivity contribution in [3.05, 3.63) is 34.4 Å². The molecule has 1 aromatic rings. The average Bonchev–Trinajstić information content (AvgIpc) is 2.22. The lowest BCUT2D eigenvalue weighted by Crippen LogP contribution is -1.88. The summed E-state index contributed by atoms with van der Waals surface area (Å²) in [6, 6.07) is 7.49. The molecule has 0 aliphatic heterocycles. The lowest BCUT2D eigenvalue weighted by atomic mass is 10.3. The Morgan fingerprint density at radius 1 is 1.33 bits per heavy atom. The molecule has 1 aromatic carbocycles. The summed E-state index contributed by atoms with van der Waals surface area (Å²) >= 11 is 0. The highest BCUT2D eigenvalue weighted by Crippen LogP contribution is 2.11. The van der Waals surface area contributed by atoms with Crippen LogP contribution >= 0.6 is 0 Å². The quantitative estimate of drug-likeness (QED) is 0.437. The molecule has 0 aliphatic carbocycles. The summed E-state index contributed by atoms with van der Waals surface area (Å²) < 4.78 is 0. The predicted molar refractivity (Wildman–Crippen MR) is 60.1 cm³/mol. The number of hydrogen-bond donors (Lipinski definition) is 1. The van der Waals surface area contributed by atoms with Gasteiger partial charge in [0.05, 0.1) is 11.0 Å². The third-order valence-corrected chi connectivity index (χ3v) is 1.10. The van der Waals surface area contributed by atoms with Gasteiger partial charge in [-0.25, -0.2) is 0 Å². The van der Waals surface area contributed by atoms with Crippen LogP contribution in [0.5, 0.6) is 0 Å². The minimum atomic E-state index is -0.459. The highest BCUT2D eigenvalue weighted by Gasteiger charge is 2.00. The van der Waals surface area contributed by atoms with Crippen LogP contribution in [0.25, 0.3) is 0 Å². The van der Waals surface area contributed by atoms with Crippen molar-refractivity contribution in [2.45, 2.75) is 20.8 Å². The van der Waals surface area contributed by atoms with E-state index in [0.717, 1.165) is 0 Å². The van der Waals surface area contributed by atoms with Crippen LogP contribution in [0.2, 0.25) is 0 Å². The van der Waals surface area contributed by atoms with Gasteiger partial charge in [0.15, 0.2) is 0 Å². The fraction of sp³-hybridized carbons (Fsp3) is 0.300. The minimum Gasteiger partial charge on any atom is -0.399 e. The van der Waals surface area contributed by atoms with Gasteiger partial charge in [-0.3, -0.25) is 10.1 Å². The summed E-state index contributed by atoms with van der Waals surface area (Å²) in [5, 5.41) is 17.4. The Labute approximate surface area is 89.3 Å². The minimum absolute atomic E-state index is 0.0641. The van der Waals surface area contributed by atoms with Gasteiger partial charge in [-0.05, 0) is 12.1 Å². The van der Waals surface area contributed by atoms with Crippen molar-refractivity contribution >= 4 is 11.4 Å². The Morgan fingerprint density at radius 2 is 1.67 bits per heavy atom. The zero-order valence-electron chi connectivity index (χ0n) is 9.10. The zero-order valence-corrected chi connectivity index (χ0v) is 9.10. The van der Waals surface area contributed by atoms with Gasteiger partial charge in [-0.15, -0.1) is 0 Å². The molecule has 0 unspecified atom stereocenters. The molecule has 2 N–H and O–H groups in total. The molecule has 0 atom stereocenters. The highest BCUT2D eigenvalue weighted by atomic mass is 16.6. The molecule has 15 heavy (non-hydrogen) atoms. The summed E-state index contributed by atoms with van der Waals surface area (Å²) in [4.78, 5) is 9.62. The van der Waals surface area contributed by atoms with Crippen LogP contribution in [0.1, 0.15) is 20.8 Å². The topological polar surface area (TPSA) is 93.0 Å². The standard InChI is InChI=1S/C6H6N2O2.C2H3N.C2H6/c7-5-1-3-6(4-2-5)8(9)10;1-2-3;1-2/h1-4H,7H2;1H3;1-2H3. The molecule has 0 bridgehead atoms. The SMILES string of the molecule is CC.CC#N.Nc1ccc([N+](=O)[O-])cc1. The Bertz CT molecular complexity index is 314. The number of hydrogen-bond acceptors (Lipinski definition) is 4. The fourth-order valence-corrected chi connectivity index (χ4v) is 0.596. The number of non-ortho nitro benzene ring substituents is 1. The Hall–Kier alpha value is -2.09. The molecule has 5 heteroatoms. The number of nitrogens with zero attached hydrogens (tertiary/aromatic N) is 2. The van der Waals surface area contributed by atoms with Gasteiger partial charge in [-0.2, -0.15) is 5.26 Å². The van der Waals surface area contributed by atoms with Gasteiger partial charge in [-0.1, -0.05) is 13.8 Å². The third-order valence-electron chi connectivity index (χ3n) is 1.10. The first kappa shape index (κ1) is 15.4. The van der Waals surface area contributed by atoms with Crippen molar-refractivity contribution < 1.29 is 4.92 Å². The summed E-state index contributed by atoms with van der Waals surface area (Å²) in [5.41, 5.74) is 5.90. The maximum absolute atomic E-state index is 10.1. The van der Waals surface area contributed by atoms with E-state index in [-0.39, 0.29) is 5.69 Å². The number of benzene rings is 1. The molecule has 0 spiro atoms. The first-order valence-corrected chi connectivity index (χ1v) is 4.42. The Morgan fingerprint density at radius 3 is 1.93 bits per heavy atom. The number of nitro benzene ring substituents is 1. The number of rotatable bonds is 1. The molecular formula is C10H15N3O2. The van der Waals surface area contributed by atoms with Crippen LogP contribution in [-0.4, -0.2) is 4.92 Å². The van der Waals surface area contributed by atoms with Crippen LogP contribution in [0.4, 0.5) is 11.4 Å². The van der Waals surface area contributed by atoms with E-state index in [1.54, 1.807) is 6.07 Å². The fourth-order valence-electron chi connectivity index (χ4n) is 0.596. The second-order valence-corrected chi connectivity index (χ2v) is 2.07. The van der Waals surface area contributed by atoms with Gasteiger partial charge >= 0.3 is 0 Å².